The van der Waals surface area contributed by atoms with Crippen LogP contribution in [0.3, 0.4) is 0 Å². The van der Waals surface area contributed by atoms with Crippen LogP contribution in [0.1, 0.15) is 44.4 Å². The lowest BCUT2D eigenvalue weighted by Crippen LogP contribution is -2.44. The molecule has 2 aromatic rings. The van der Waals surface area contributed by atoms with Gasteiger partial charge in [0, 0.05) is 15.4 Å². The molecule has 1 saturated carbocycles. The minimum absolute atomic E-state index is 0. The van der Waals surface area contributed by atoms with Crippen molar-refractivity contribution in [1.82, 2.24) is 10.1 Å². The number of nitrogens with two attached hydrogens (primary N) is 1. The molecular formula is C13H17BrClN3OS. The zero-order chi connectivity index (χ0) is 13.5. The summed E-state index contributed by atoms with van der Waals surface area (Å²) >= 11 is 5.03. The molecule has 2 unspecified atom stereocenters. The lowest BCUT2D eigenvalue weighted by atomic mass is 9.74. The lowest BCUT2D eigenvalue weighted by Gasteiger charge is -2.35. The standard InChI is InChI=1S/C13H16BrN3OS.ClH/c1-13(15)5-3-2-4-9(13)12-16-11(17-18-12)10-6-8(14)7-19-10;/h6-7,9H,2-5,15H2,1H3;1H. The van der Waals surface area contributed by atoms with E-state index in [4.69, 9.17) is 10.3 Å². The zero-order valence-corrected chi connectivity index (χ0v) is 14.4. The molecule has 110 valence electrons. The van der Waals surface area contributed by atoms with Crippen molar-refractivity contribution in [2.75, 3.05) is 0 Å². The van der Waals surface area contributed by atoms with Gasteiger partial charge in [0.15, 0.2) is 0 Å². The van der Waals surface area contributed by atoms with Gasteiger partial charge in [-0.2, -0.15) is 4.98 Å². The van der Waals surface area contributed by atoms with Crippen molar-refractivity contribution in [3.05, 3.63) is 21.8 Å². The molecule has 1 aliphatic carbocycles. The number of hydrogen-bond donors (Lipinski definition) is 1. The highest BCUT2D eigenvalue weighted by molar-refractivity contribution is 9.10. The van der Waals surface area contributed by atoms with Crippen molar-refractivity contribution in [2.24, 2.45) is 5.73 Å². The minimum Gasteiger partial charge on any atom is -0.339 e. The molecule has 0 aliphatic heterocycles. The van der Waals surface area contributed by atoms with Crippen LogP contribution in [0.25, 0.3) is 10.7 Å². The Labute approximate surface area is 136 Å². The summed E-state index contributed by atoms with van der Waals surface area (Å²) in [4.78, 5) is 5.56. The van der Waals surface area contributed by atoms with E-state index in [9.17, 15) is 0 Å². The maximum Gasteiger partial charge on any atom is 0.231 e. The second kappa shape index (κ2) is 6.13. The first-order chi connectivity index (χ1) is 9.06. The second-order valence-electron chi connectivity index (χ2n) is 5.39. The summed E-state index contributed by atoms with van der Waals surface area (Å²) in [7, 11) is 0. The number of thiophene rings is 1. The number of aromatic nitrogens is 2. The van der Waals surface area contributed by atoms with E-state index in [-0.39, 0.29) is 23.9 Å². The maximum atomic E-state index is 6.37. The van der Waals surface area contributed by atoms with Crippen molar-refractivity contribution >= 4 is 39.7 Å². The molecule has 0 bridgehead atoms. The summed E-state index contributed by atoms with van der Waals surface area (Å²) in [5, 5.41) is 6.10. The summed E-state index contributed by atoms with van der Waals surface area (Å²) in [6.07, 6.45) is 4.41. The van der Waals surface area contributed by atoms with Crippen LogP contribution in [0.2, 0.25) is 0 Å². The summed E-state index contributed by atoms with van der Waals surface area (Å²) in [6.45, 7) is 2.09. The van der Waals surface area contributed by atoms with Gasteiger partial charge in [-0.3, -0.25) is 0 Å². The molecule has 0 aromatic carbocycles. The summed E-state index contributed by atoms with van der Waals surface area (Å²) in [5.41, 5.74) is 6.14. The van der Waals surface area contributed by atoms with Crippen molar-refractivity contribution in [1.29, 1.82) is 0 Å². The predicted octanol–water partition coefficient (Wildman–Crippen LogP) is 4.36. The Morgan fingerprint density at radius 2 is 2.30 bits per heavy atom. The first-order valence-electron chi connectivity index (χ1n) is 6.43. The molecule has 2 N–H and O–H groups in total. The highest BCUT2D eigenvalue weighted by atomic mass is 79.9. The SMILES string of the molecule is CC1(N)CCCCC1c1nc(-c2cc(Br)cs2)no1.Cl. The van der Waals surface area contributed by atoms with Crippen LogP contribution in [0, 0.1) is 0 Å². The van der Waals surface area contributed by atoms with E-state index in [0.717, 1.165) is 22.2 Å². The largest absolute Gasteiger partial charge is 0.339 e. The van der Waals surface area contributed by atoms with Crippen LogP contribution in [-0.2, 0) is 0 Å². The van der Waals surface area contributed by atoms with Gasteiger partial charge in [0.05, 0.1) is 10.8 Å². The van der Waals surface area contributed by atoms with Gasteiger partial charge in [-0.25, -0.2) is 0 Å². The molecule has 1 fully saturated rings. The Morgan fingerprint density at radius 1 is 1.50 bits per heavy atom. The van der Waals surface area contributed by atoms with E-state index in [1.54, 1.807) is 11.3 Å². The Morgan fingerprint density at radius 3 is 2.95 bits per heavy atom. The average molecular weight is 379 g/mol. The topological polar surface area (TPSA) is 64.9 Å². The second-order valence-corrected chi connectivity index (χ2v) is 7.22. The number of hydrogen-bond acceptors (Lipinski definition) is 5. The van der Waals surface area contributed by atoms with Gasteiger partial charge in [0.1, 0.15) is 0 Å². The fourth-order valence-electron chi connectivity index (χ4n) is 2.67. The quantitative estimate of drug-likeness (QED) is 0.843. The van der Waals surface area contributed by atoms with Gasteiger partial charge in [0.2, 0.25) is 11.7 Å². The number of rotatable bonds is 2. The molecule has 0 spiro atoms. The summed E-state index contributed by atoms with van der Waals surface area (Å²) < 4.78 is 6.50. The molecule has 20 heavy (non-hydrogen) atoms. The Balaban J connectivity index is 0.00000147. The number of nitrogens with zero attached hydrogens (tertiary/aromatic N) is 2. The van der Waals surface area contributed by atoms with E-state index >= 15 is 0 Å². The maximum absolute atomic E-state index is 6.37. The smallest absolute Gasteiger partial charge is 0.231 e. The van der Waals surface area contributed by atoms with Crippen LogP contribution in [-0.4, -0.2) is 15.7 Å². The van der Waals surface area contributed by atoms with Gasteiger partial charge < -0.3 is 10.3 Å². The van der Waals surface area contributed by atoms with E-state index in [1.165, 1.54) is 12.8 Å². The number of halogens is 2. The van der Waals surface area contributed by atoms with Crippen LogP contribution in [0.5, 0.6) is 0 Å². The van der Waals surface area contributed by atoms with Crippen molar-refractivity contribution < 1.29 is 4.52 Å². The van der Waals surface area contributed by atoms with E-state index in [0.29, 0.717) is 11.7 Å². The lowest BCUT2D eigenvalue weighted by molar-refractivity contribution is 0.223. The molecule has 0 saturated heterocycles. The molecule has 2 heterocycles. The molecule has 3 rings (SSSR count). The Bertz CT molecular complexity index is 584. The van der Waals surface area contributed by atoms with Crippen molar-refractivity contribution in [2.45, 2.75) is 44.1 Å². The van der Waals surface area contributed by atoms with Gasteiger partial charge in [-0.05, 0) is 41.8 Å². The molecule has 1 aliphatic rings. The van der Waals surface area contributed by atoms with Crippen LogP contribution in [0.4, 0.5) is 0 Å². The Hall–Kier alpha value is -0.430. The molecular weight excluding hydrogens is 362 g/mol. The average Bonchev–Trinajstić information content (AvgIpc) is 2.97. The highest BCUT2D eigenvalue weighted by Crippen LogP contribution is 2.39. The first-order valence-corrected chi connectivity index (χ1v) is 8.10. The third-order valence-electron chi connectivity index (χ3n) is 3.78. The molecule has 2 aromatic heterocycles. The van der Waals surface area contributed by atoms with E-state index < -0.39 is 0 Å². The predicted molar refractivity (Wildman–Crippen MR) is 86.4 cm³/mol. The van der Waals surface area contributed by atoms with E-state index in [2.05, 4.69) is 33.0 Å². The van der Waals surface area contributed by atoms with E-state index in [1.807, 2.05) is 11.4 Å². The summed E-state index contributed by atoms with van der Waals surface area (Å²) in [5.74, 6) is 1.52. The molecule has 0 amide bonds. The fourth-order valence-corrected chi connectivity index (χ4v) is 4.02. The van der Waals surface area contributed by atoms with Gasteiger partial charge >= 0.3 is 0 Å². The fraction of sp³-hybridized carbons (Fsp3) is 0.538. The van der Waals surface area contributed by atoms with Gasteiger partial charge in [-0.15, -0.1) is 23.7 Å². The first kappa shape index (κ1) is 15.9. The monoisotopic (exact) mass is 377 g/mol. The third kappa shape index (κ3) is 3.08. The van der Waals surface area contributed by atoms with Crippen LogP contribution in [0.15, 0.2) is 20.4 Å². The van der Waals surface area contributed by atoms with Crippen molar-refractivity contribution in [3.8, 4) is 10.7 Å². The highest BCUT2D eigenvalue weighted by Gasteiger charge is 2.37. The Kier molecular flexibility index (Phi) is 4.89. The summed E-state index contributed by atoms with van der Waals surface area (Å²) in [6, 6.07) is 2.00. The molecule has 7 heteroatoms. The van der Waals surface area contributed by atoms with Crippen LogP contribution >= 0.6 is 39.7 Å². The van der Waals surface area contributed by atoms with Gasteiger partial charge in [0.25, 0.3) is 0 Å². The van der Waals surface area contributed by atoms with Gasteiger partial charge in [-0.1, -0.05) is 18.0 Å². The molecule has 0 radical (unpaired) electrons. The van der Waals surface area contributed by atoms with Crippen molar-refractivity contribution in [3.63, 3.8) is 0 Å². The minimum atomic E-state index is -0.238. The van der Waals surface area contributed by atoms with Crippen LogP contribution < -0.4 is 5.73 Å². The third-order valence-corrected chi connectivity index (χ3v) is 5.47. The molecule has 4 nitrogen and oxygen atoms in total. The molecule has 2 atom stereocenters. The zero-order valence-electron chi connectivity index (χ0n) is 11.1. The normalized spacial score (nSPS) is 26.2.